The molecule has 3 rings (SSSR count). The second-order valence-corrected chi connectivity index (χ2v) is 9.91. The van der Waals surface area contributed by atoms with Gasteiger partial charge < -0.3 is 10.2 Å². The number of anilines is 1. The third-order valence-corrected chi connectivity index (χ3v) is 7.29. The minimum Gasteiger partial charge on any atom is -0.325 e. The lowest BCUT2D eigenvalue weighted by atomic mass is 9.98. The van der Waals surface area contributed by atoms with E-state index in [1.165, 1.54) is 19.3 Å². The summed E-state index contributed by atoms with van der Waals surface area (Å²) in [6.45, 7) is 5.39. The fourth-order valence-corrected chi connectivity index (χ4v) is 5.21. The van der Waals surface area contributed by atoms with Crippen LogP contribution in [0.2, 0.25) is 0 Å². The van der Waals surface area contributed by atoms with E-state index in [2.05, 4.69) is 10.0 Å². The van der Waals surface area contributed by atoms with Crippen LogP contribution in [0.3, 0.4) is 0 Å². The molecule has 1 aliphatic carbocycles. The van der Waals surface area contributed by atoms with E-state index in [9.17, 15) is 13.2 Å². The number of rotatable bonds is 6. The molecule has 1 spiro atoms. The van der Waals surface area contributed by atoms with Gasteiger partial charge in [0.2, 0.25) is 10.0 Å². The number of hydrogen-bond donors (Lipinski definition) is 2. The van der Waals surface area contributed by atoms with Crippen LogP contribution >= 0.6 is 0 Å². The molecule has 1 heterocycles. The molecule has 2 N–H and O–H groups in total. The normalized spacial score (nSPS) is 20.1. The Kier molecular flexibility index (Phi) is 6.11. The molecule has 0 bridgehead atoms. The molecular weight excluding hydrogens is 362 g/mol. The average molecular weight is 394 g/mol. The molecule has 7 heteroatoms. The number of nitrogens with zero attached hydrogens (tertiary/aromatic N) is 1. The molecule has 2 aliphatic rings. The number of amides is 2. The van der Waals surface area contributed by atoms with Crippen LogP contribution in [0, 0.1) is 5.41 Å². The van der Waals surface area contributed by atoms with E-state index >= 15 is 0 Å². The van der Waals surface area contributed by atoms with Gasteiger partial charge in [-0.1, -0.05) is 19.1 Å². The smallest absolute Gasteiger partial charge is 0.321 e. The molecule has 1 saturated carbocycles. The highest BCUT2D eigenvalue weighted by Crippen LogP contribution is 2.53. The van der Waals surface area contributed by atoms with Crippen molar-refractivity contribution in [2.24, 2.45) is 5.41 Å². The summed E-state index contributed by atoms with van der Waals surface area (Å²) in [5.74, 6) is -0.0900. The molecule has 1 atom stereocenters. The molecule has 0 aromatic heterocycles. The lowest BCUT2D eigenvalue weighted by molar-refractivity contribution is 0.213. The number of hydrogen-bond acceptors (Lipinski definition) is 3. The maximum Gasteiger partial charge on any atom is 0.321 e. The fraction of sp³-hybridized carbons (Fsp3) is 0.650. The first kappa shape index (κ1) is 20.1. The van der Waals surface area contributed by atoms with E-state index in [0.717, 1.165) is 32.4 Å². The van der Waals surface area contributed by atoms with Gasteiger partial charge in [-0.2, -0.15) is 0 Å². The molecule has 2 amide bonds. The largest absolute Gasteiger partial charge is 0.325 e. The van der Waals surface area contributed by atoms with Crippen LogP contribution in [0.5, 0.6) is 0 Å². The first-order valence-electron chi connectivity index (χ1n) is 9.96. The SMILES string of the molecule is CCC(C)NS(=O)(=O)Cc1cccc(NC(=O)N2CCCC3(CC2)CC3)c1. The topological polar surface area (TPSA) is 78.5 Å². The monoisotopic (exact) mass is 393 g/mol. The second kappa shape index (κ2) is 8.19. The van der Waals surface area contributed by atoms with Crippen molar-refractivity contribution in [3.63, 3.8) is 0 Å². The van der Waals surface area contributed by atoms with E-state index in [1.54, 1.807) is 24.3 Å². The third kappa shape index (κ3) is 5.69. The summed E-state index contributed by atoms with van der Waals surface area (Å²) in [5.41, 5.74) is 1.82. The first-order valence-corrected chi connectivity index (χ1v) is 11.6. The predicted molar refractivity (Wildman–Crippen MR) is 108 cm³/mol. The van der Waals surface area contributed by atoms with Gasteiger partial charge in [0.1, 0.15) is 0 Å². The molecule has 1 unspecified atom stereocenters. The summed E-state index contributed by atoms with van der Waals surface area (Å²) in [6, 6.07) is 6.92. The Morgan fingerprint density at radius 1 is 1.22 bits per heavy atom. The number of sulfonamides is 1. The second-order valence-electron chi connectivity index (χ2n) is 8.16. The van der Waals surface area contributed by atoms with E-state index in [0.29, 0.717) is 16.7 Å². The van der Waals surface area contributed by atoms with Crippen molar-refractivity contribution >= 4 is 21.7 Å². The van der Waals surface area contributed by atoms with Gasteiger partial charge in [0.05, 0.1) is 5.75 Å². The Morgan fingerprint density at radius 3 is 2.70 bits per heavy atom. The van der Waals surface area contributed by atoms with Crippen LogP contribution in [0.15, 0.2) is 24.3 Å². The zero-order chi connectivity index (χ0) is 19.5. The molecule has 1 aromatic rings. The lowest BCUT2D eigenvalue weighted by Gasteiger charge is -2.21. The van der Waals surface area contributed by atoms with Crippen molar-refractivity contribution in [2.45, 2.75) is 64.2 Å². The minimum atomic E-state index is -3.40. The number of likely N-dealkylation sites (tertiary alicyclic amines) is 1. The molecule has 0 radical (unpaired) electrons. The van der Waals surface area contributed by atoms with Crippen LogP contribution in [0.25, 0.3) is 0 Å². The zero-order valence-electron chi connectivity index (χ0n) is 16.3. The van der Waals surface area contributed by atoms with Gasteiger partial charge in [-0.25, -0.2) is 17.9 Å². The van der Waals surface area contributed by atoms with E-state index in [4.69, 9.17) is 0 Å². The highest BCUT2D eigenvalue weighted by Gasteiger charge is 2.43. The third-order valence-electron chi connectivity index (χ3n) is 5.82. The van der Waals surface area contributed by atoms with Crippen molar-refractivity contribution in [1.82, 2.24) is 9.62 Å². The Labute approximate surface area is 162 Å². The number of nitrogens with one attached hydrogen (secondary N) is 2. The predicted octanol–water partition coefficient (Wildman–Crippen LogP) is 3.70. The molecule has 150 valence electrons. The van der Waals surface area contributed by atoms with Crippen LogP contribution in [-0.2, 0) is 15.8 Å². The quantitative estimate of drug-likeness (QED) is 0.773. The first-order chi connectivity index (χ1) is 12.8. The van der Waals surface area contributed by atoms with Crippen LogP contribution in [0.1, 0.15) is 57.9 Å². The van der Waals surface area contributed by atoms with Crippen molar-refractivity contribution in [3.8, 4) is 0 Å². The summed E-state index contributed by atoms with van der Waals surface area (Å²) in [5, 5.41) is 2.94. The number of carbonyl (C=O) groups is 1. The molecule has 1 aromatic carbocycles. The number of carbonyl (C=O) groups excluding carboxylic acids is 1. The van der Waals surface area contributed by atoms with Gasteiger partial charge in [0.15, 0.2) is 0 Å². The highest BCUT2D eigenvalue weighted by atomic mass is 32.2. The maximum atomic E-state index is 12.6. The van der Waals surface area contributed by atoms with Gasteiger partial charge in [0, 0.05) is 24.8 Å². The number of urea groups is 1. The molecule has 2 fully saturated rings. The van der Waals surface area contributed by atoms with Gasteiger partial charge in [-0.15, -0.1) is 0 Å². The van der Waals surface area contributed by atoms with E-state index < -0.39 is 10.0 Å². The maximum absolute atomic E-state index is 12.6. The van der Waals surface area contributed by atoms with Crippen LogP contribution < -0.4 is 10.0 Å². The van der Waals surface area contributed by atoms with Crippen molar-refractivity contribution < 1.29 is 13.2 Å². The van der Waals surface area contributed by atoms with E-state index in [1.807, 2.05) is 18.7 Å². The van der Waals surface area contributed by atoms with Crippen molar-refractivity contribution in [1.29, 1.82) is 0 Å². The highest BCUT2D eigenvalue weighted by molar-refractivity contribution is 7.88. The minimum absolute atomic E-state index is 0.0873. The Hall–Kier alpha value is -1.60. The van der Waals surface area contributed by atoms with Gasteiger partial charge in [-0.3, -0.25) is 0 Å². The molecule has 1 aliphatic heterocycles. The van der Waals surface area contributed by atoms with Crippen molar-refractivity contribution in [3.05, 3.63) is 29.8 Å². The summed E-state index contributed by atoms with van der Waals surface area (Å²) in [4.78, 5) is 14.5. The lowest BCUT2D eigenvalue weighted by Crippen LogP contribution is -2.35. The Bertz CT molecular complexity index is 774. The Balaban J connectivity index is 1.59. The fourth-order valence-electron chi connectivity index (χ4n) is 3.73. The molecule has 6 nitrogen and oxygen atoms in total. The zero-order valence-corrected chi connectivity index (χ0v) is 17.1. The summed E-state index contributed by atoms with van der Waals surface area (Å²) in [6.07, 6.45) is 6.75. The summed E-state index contributed by atoms with van der Waals surface area (Å²) < 4.78 is 27.2. The molecular formula is C20H31N3O3S. The Morgan fingerprint density at radius 2 is 2.00 bits per heavy atom. The van der Waals surface area contributed by atoms with Crippen LogP contribution in [-0.4, -0.2) is 38.5 Å². The van der Waals surface area contributed by atoms with Crippen molar-refractivity contribution in [2.75, 3.05) is 18.4 Å². The van der Waals surface area contributed by atoms with Gasteiger partial charge in [0.25, 0.3) is 0 Å². The number of benzene rings is 1. The van der Waals surface area contributed by atoms with Gasteiger partial charge >= 0.3 is 6.03 Å². The van der Waals surface area contributed by atoms with E-state index in [-0.39, 0.29) is 17.8 Å². The molecule has 1 saturated heterocycles. The van der Waals surface area contributed by atoms with Crippen LogP contribution in [0.4, 0.5) is 10.5 Å². The standard InChI is InChI=1S/C20H31N3O3S/c1-3-16(2)22-27(25,26)15-17-6-4-7-18(14-17)21-19(24)23-12-5-8-20(9-10-20)11-13-23/h4,6-7,14,16,22H,3,5,8-13,15H2,1-2H3,(H,21,24). The summed E-state index contributed by atoms with van der Waals surface area (Å²) >= 11 is 0. The average Bonchev–Trinajstić information content (AvgIpc) is 3.40. The molecule has 27 heavy (non-hydrogen) atoms. The van der Waals surface area contributed by atoms with Gasteiger partial charge in [-0.05, 0) is 68.6 Å². The summed E-state index contributed by atoms with van der Waals surface area (Å²) in [7, 11) is -3.40.